The Balaban J connectivity index is 1.33. The van der Waals surface area contributed by atoms with Crippen LogP contribution in [0.2, 0.25) is 0 Å². The van der Waals surface area contributed by atoms with Crippen LogP contribution in [-0.2, 0) is 17.4 Å². The van der Waals surface area contributed by atoms with Crippen molar-refractivity contribution in [1.82, 2.24) is 24.7 Å². The second-order valence-electron chi connectivity index (χ2n) is 11.5. The number of nitrogens with zero attached hydrogens (tertiary/aromatic N) is 6. The number of piperazine rings is 2. The van der Waals surface area contributed by atoms with E-state index in [4.69, 9.17) is 0 Å². The number of aromatic nitrogens is 2. The standard InChI is InChI=1S/C29H38F4N6O/c1-19(2)37-10-8-36(9-11-37)17-22(21-5-6-23(24(30)16-21)29(31,32)33)28(40)39-14-12-38(13-15-39)27-26-20(3)4-7-25(26)34-18-35-27/h5-6,16,18-20,22H,4,7-15,17H2,1-3H3/t20?,22-/m0/s1. The number of carbonyl (C=O) groups is 1. The van der Waals surface area contributed by atoms with Crippen molar-refractivity contribution in [3.63, 3.8) is 0 Å². The highest BCUT2D eigenvalue weighted by atomic mass is 19.4. The van der Waals surface area contributed by atoms with Crippen molar-refractivity contribution in [2.75, 3.05) is 63.8 Å². The molecule has 2 atom stereocenters. The summed E-state index contributed by atoms with van der Waals surface area (Å²) in [5, 5.41) is 0. The minimum atomic E-state index is -4.79. The molecule has 0 radical (unpaired) electrons. The lowest BCUT2D eigenvalue weighted by molar-refractivity contribution is -0.140. The van der Waals surface area contributed by atoms with Crippen molar-refractivity contribution in [2.24, 2.45) is 0 Å². The quantitative estimate of drug-likeness (QED) is 0.494. The fourth-order valence-corrected chi connectivity index (χ4v) is 6.26. The summed E-state index contributed by atoms with van der Waals surface area (Å²) in [7, 11) is 0. The van der Waals surface area contributed by atoms with Crippen molar-refractivity contribution in [3.05, 3.63) is 52.7 Å². The first-order valence-corrected chi connectivity index (χ1v) is 14.2. The molecule has 218 valence electrons. The first-order valence-electron chi connectivity index (χ1n) is 14.2. The van der Waals surface area contributed by atoms with Crippen LogP contribution in [0.15, 0.2) is 24.5 Å². The predicted octanol–water partition coefficient (Wildman–Crippen LogP) is 4.14. The Morgan fingerprint density at radius 1 is 1.02 bits per heavy atom. The first-order chi connectivity index (χ1) is 19.0. The van der Waals surface area contributed by atoms with Crippen LogP contribution in [0.4, 0.5) is 23.4 Å². The number of alkyl halides is 3. The van der Waals surface area contributed by atoms with Crippen molar-refractivity contribution in [3.8, 4) is 0 Å². The predicted molar refractivity (Wildman–Crippen MR) is 145 cm³/mol. The third kappa shape index (κ3) is 5.95. The molecule has 0 N–H and O–H groups in total. The smallest absolute Gasteiger partial charge is 0.353 e. The number of halogens is 4. The molecule has 2 aromatic rings. The lowest BCUT2D eigenvalue weighted by Crippen LogP contribution is -2.53. The van der Waals surface area contributed by atoms with Gasteiger partial charge >= 0.3 is 6.18 Å². The molecule has 1 aromatic carbocycles. The van der Waals surface area contributed by atoms with Crippen LogP contribution in [0.1, 0.15) is 61.4 Å². The number of benzene rings is 1. The average Bonchev–Trinajstić information content (AvgIpc) is 3.32. The fourth-order valence-electron chi connectivity index (χ4n) is 6.26. The SMILES string of the molecule is CC1CCc2ncnc(N3CCN(C(=O)[C@@H](CN4CCN(C(C)C)CC4)c4ccc(C(F)(F)F)c(F)c4)CC3)c21. The number of amides is 1. The Morgan fingerprint density at radius 3 is 2.35 bits per heavy atom. The number of hydrogen-bond donors (Lipinski definition) is 0. The highest BCUT2D eigenvalue weighted by Crippen LogP contribution is 2.37. The molecule has 0 spiro atoms. The molecule has 2 aliphatic heterocycles. The minimum absolute atomic E-state index is 0.175. The van der Waals surface area contributed by atoms with E-state index in [1.165, 1.54) is 11.6 Å². The summed E-state index contributed by atoms with van der Waals surface area (Å²) < 4.78 is 54.4. The van der Waals surface area contributed by atoms with Gasteiger partial charge in [0.2, 0.25) is 5.91 Å². The number of anilines is 1. The summed E-state index contributed by atoms with van der Waals surface area (Å²) in [4.78, 5) is 31.4. The molecule has 2 fully saturated rings. The van der Waals surface area contributed by atoms with E-state index in [9.17, 15) is 22.4 Å². The molecule has 1 aliphatic carbocycles. The lowest BCUT2D eigenvalue weighted by Gasteiger charge is -2.40. The minimum Gasteiger partial charge on any atom is -0.353 e. The highest BCUT2D eigenvalue weighted by Gasteiger charge is 2.37. The van der Waals surface area contributed by atoms with Gasteiger partial charge in [-0.05, 0) is 50.3 Å². The summed E-state index contributed by atoms with van der Waals surface area (Å²) in [5.41, 5.74) is 1.26. The van der Waals surface area contributed by atoms with E-state index in [1.807, 2.05) is 0 Å². The number of hydrogen-bond acceptors (Lipinski definition) is 6. The van der Waals surface area contributed by atoms with Crippen LogP contribution in [0.3, 0.4) is 0 Å². The normalized spacial score (nSPS) is 21.6. The molecule has 5 rings (SSSR count). The van der Waals surface area contributed by atoms with Crippen LogP contribution in [0, 0.1) is 5.82 Å². The molecule has 3 aliphatic rings. The summed E-state index contributed by atoms with van der Waals surface area (Å²) in [6.45, 7) is 12.1. The van der Waals surface area contributed by atoms with E-state index in [2.05, 4.69) is 45.4 Å². The van der Waals surface area contributed by atoms with Crippen molar-refractivity contribution >= 4 is 11.7 Å². The Kier molecular flexibility index (Phi) is 8.33. The number of rotatable bonds is 6. The van der Waals surface area contributed by atoms with Gasteiger partial charge in [-0.1, -0.05) is 13.0 Å². The maximum atomic E-state index is 14.6. The van der Waals surface area contributed by atoms with Crippen molar-refractivity contribution in [1.29, 1.82) is 0 Å². The average molecular weight is 563 g/mol. The molecular weight excluding hydrogens is 524 g/mol. The molecule has 11 heteroatoms. The fraction of sp³-hybridized carbons (Fsp3) is 0.621. The van der Waals surface area contributed by atoms with Crippen molar-refractivity contribution in [2.45, 2.75) is 57.7 Å². The molecule has 1 unspecified atom stereocenters. The first kappa shape index (κ1) is 28.7. The van der Waals surface area contributed by atoms with Gasteiger partial charge in [-0.25, -0.2) is 14.4 Å². The zero-order valence-electron chi connectivity index (χ0n) is 23.4. The van der Waals surface area contributed by atoms with Crippen molar-refractivity contribution < 1.29 is 22.4 Å². The third-order valence-electron chi connectivity index (χ3n) is 8.72. The molecule has 2 saturated heterocycles. The second kappa shape index (κ2) is 11.6. The van der Waals surface area contributed by atoms with Gasteiger partial charge in [0.1, 0.15) is 18.0 Å². The Hall–Kier alpha value is -2.79. The summed E-state index contributed by atoms with van der Waals surface area (Å²) in [5.74, 6) is -0.944. The monoisotopic (exact) mass is 562 g/mol. The molecule has 3 heterocycles. The lowest BCUT2D eigenvalue weighted by atomic mass is 9.94. The van der Waals surface area contributed by atoms with Crippen LogP contribution >= 0.6 is 0 Å². The van der Waals surface area contributed by atoms with E-state index >= 15 is 0 Å². The van der Waals surface area contributed by atoms with Crippen LogP contribution < -0.4 is 4.90 Å². The maximum absolute atomic E-state index is 14.6. The van der Waals surface area contributed by atoms with Gasteiger partial charge in [0.05, 0.1) is 11.5 Å². The van der Waals surface area contributed by atoms with E-state index < -0.39 is 23.5 Å². The van der Waals surface area contributed by atoms with Gasteiger partial charge in [-0.3, -0.25) is 14.6 Å². The zero-order chi connectivity index (χ0) is 28.6. The van der Waals surface area contributed by atoms with Crippen LogP contribution in [0.5, 0.6) is 0 Å². The van der Waals surface area contributed by atoms with E-state index in [1.54, 1.807) is 11.2 Å². The Bertz CT molecular complexity index is 1210. The molecule has 0 bridgehead atoms. The van der Waals surface area contributed by atoms with E-state index in [0.29, 0.717) is 44.7 Å². The van der Waals surface area contributed by atoms with Crippen LogP contribution in [0.25, 0.3) is 0 Å². The number of fused-ring (bicyclic) bond motifs is 1. The molecule has 1 amide bonds. The Morgan fingerprint density at radius 2 is 1.73 bits per heavy atom. The topological polar surface area (TPSA) is 55.8 Å². The molecule has 40 heavy (non-hydrogen) atoms. The largest absolute Gasteiger partial charge is 0.419 e. The van der Waals surface area contributed by atoms with Gasteiger partial charge in [0.15, 0.2) is 0 Å². The molecular formula is C29H38F4N6O. The zero-order valence-corrected chi connectivity index (χ0v) is 23.4. The molecule has 1 aromatic heterocycles. The number of aryl methyl sites for hydroxylation is 1. The van der Waals surface area contributed by atoms with Gasteiger partial charge in [0, 0.05) is 76.2 Å². The number of carbonyl (C=O) groups excluding carboxylic acids is 1. The van der Waals surface area contributed by atoms with E-state index in [-0.39, 0.29) is 11.5 Å². The Labute approximate surface area is 233 Å². The highest BCUT2D eigenvalue weighted by molar-refractivity contribution is 5.84. The summed E-state index contributed by atoms with van der Waals surface area (Å²) in [6, 6.07) is 3.34. The van der Waals surface area contributed by atoms with E-state index in [0.717, 1.165) is 62.7 Å². The molecule has 7 nitrogen and oxygen atoms in total. The summed E-state index contributed by atoms with van der Waals surface area (Å²) in [6.07, 6.45) is -1.18. The molecule has 0 saturated carbocycles. The van der Waals surface area contributed by atoms with Gasteiger partial charge in [-0.15, -0.1) is 0 Å². The van der Waals surface area contributed by atoms with Gasteiger partial charge < -0.3 is 9.80 Å². The summed E-state index contributed by atoms with van der Waals surface area (Å²) >= 11 is 0. The second-order valence-corrected chi connectivity index (χ2v) is 11.5. The maximum Gasteiger partial charge on any atom is 0.419 e. The van der Waals surface area contributed by atoms with Gasteiger partial charge in [0.25, 0.3) is 0 Å². The third-order valence-corrected chi connectivity index (χ3v) is 8.72. The van der Waals surface area contributed by atoms with Crippen LogP contribution in [-0.4, -0.2) is 95.5 Å². The van der Waals surface area contributed by atoms with Gasteiger partial charge in [-0.2, -0.15) is 13.2 Å².